The monoisotopic (exact) mass is 337 g/mol. The summed E-state index contributed by atoms with van der Waals surface area (Å²) in [5.41, 5.74) is 1.84. The van der Waals surface area contributed by atoms with Gasteiger partial charge in [-0.2, -0.15) is 0 Å². The van der Waals surface area contributed by atoms with Crippen LogP contribution in [0.3, 0.4) is 0 Å². The summed E-state index contributed by atoms with van der Waals surface area (Å²) in [6, 6.07) is 13.9. The van der Waals surface area contributed by atoms with Gasteiger partial charge < -0.3 is 15.2 Å². The van der Waals surface area contributed by atoms with Crippen LogP contribution in [0.4, 0.5) is 0 Å². The Balaban J connectivity index is 1.65. The number of carbonyl (C=O) groups is 2. The predicted molar refractivity (Wildman–Crippen MR) is 92.6 cm³/mol. The van der Waals surface area contributed by atoms with E-state index >= 15 is 0 Å². The second kappa shape index (κ2) is 6.33. The Morgan fingerprint density at radius 1 is 0.960 bits per heavy atom. The molecule has 1 amide bonds. The Labute approximate surface area is 145 Å². The predicted octanol–water partition coefficient (Wildman–Crippen LogP) is 3.10. The van der Waals surface area contributed by atoms with Crippen molar-refractivity contribution in [3.05, 3.63) is 59.7 Å². The van der Waals surface area contributed by atoms with Crippen molar-refractivity contribution in [2.24, 2.45) is 0 Å². The quantitative estimate of drug-likeness (QED) is 0.899. The first-order valence-electron chi connectivity index (χ1n) is 8.51. The summed E-state index contributed by atoms with van der Waals surface area (Å²) in [6.07, 6.45) is 3.27. The molecule has 2 aliphatic rings. The number of carbonyl (C=O) groups excluding carboxylic acids is 1. The molecule has 2 aliphatic heterocycles. The molecule has 2 N–H and O–H groups in total. The summed E-state index contributed by atoms with van der Waals surface area (Å²) < 4.78 is 5.79. The lowest BCUT2D eigenvalue weighted by Crippen LogP contribution is -2.41. The molecular formula is C20H19NO4. The van der Waals surface area contributed by atoms with Crippen LogP contribution in [0.2, 0.25) is 0 Å². The molecule has 0 spiro atoms. The topological polar surface area (TPSA) is 75.6 Å². The van der Waals surface area contributed by atoms with Crippen LogP contribution in [0.25, 0.3) is 11.1 Å². The lowest BCUT2D eigenvalue weighted by molar-refractivity contribution is 0.0697. The molecular weight excluding hydrogens is 318 g/mol. The van der Waals surface area contributed by atoms with Gasteiger partial charge in [-0.1, -0.05) is 36.4 Å². The summed E-state index contributed by atoms with van der Waals surface area (Å²) in [5, 5.41) is 12.5. The minimum Gasteiger partial charge on any atom is -0.478 e. The van der Waals surface area contributed by atoms with E-state index in [0.717, 1.165) is 19.3 Å². The number of carboxylic acid groups (broad SMARTS) is 1. The smallest absolute Gasteiger partial charge is 0.336 e. The number of rotatable bonds is 4. The first-order valence-corrected chi connectivity index (χ1v) is 8.51. The molecule has 2 heterocycles. The van der Waals surface area contributed by atoms with Crippen LogP contribution >= 0.6 is 0 Å². The van der Waals surface area contributed by atoms with E-state index in [1.165, 1.54) is 0 Å². The molecule has 3 atom stereocenters. The molecule has 128 valence electrons. The minimum absolute atomic E-state index is 0.0361. The Kier molecular flexibility index (Phi) is 4.01. The van der Waals surface area contributed by atoms with Gasteiger partial charge in [-0.3, -0.25) is 4.79 Å². The van der Waals surface area contributed by atoms with Crippen molar-refractivity contribution in [1.29, 1.82) is 0 Å². The van der Waals surface area contributed by atoms with E-state index in [4.69, 9.17) is 4.74 Å². The highest BCUT2D eigenvalue weighted by Crippen LogP contribution is 2.35. The van der Waals surface area contributed by atoms with Crippen molar-refractivity contribution in [1.82, 2.24) is 5.32 Å². The zero-order valence-corrected chi connectivity index (χ0v) is 13.6. The lowest BCUT2D eigenvalue weighted by atomic mass is 9.93. The molecule has 2 aromatic carbocycles. The van der Waals surface area contributed by atoms with Crippen LogP contribution < -0.4 is 5.32 Å². The van der Waals surface area contributed by atoms with E-state index in [0.29, 0.717) is 16.7 Å². The Bertz CT molecular complexity index is 832. The highest BCUT2D eigenvalue weighted by molar-refractivity contribution is 6.04. The van der Waals surface area contributed by atoms with Crippen LogP contribution in [0, 0.1) is 0 Å². The summed E-state index contributed by atoms with van der Waals surface area (Å²) in [6.45, 7) is 0. The van der Waals surface area contributed by atoms with Crippen LogP contribution in [0.15, 0.2) is 48.5 Å². The third-order valence-electron chi connectivity index (χ3n) is 5.04. The summed E-state index contributed by atoms with van der Waals surface area (Å²) in [7, 11) is 0. The van der Waals surface area contributed by atoms with Crippen molar-refractivity contribution in [2.45, 2.75) is 37.5 Å². The number of amides is 1. The van der Waals surface area contributed by atoms with Gasteiger partial charge in [-0.05, 0) is 42.5 Å². The molecule has 0 aromatic heterocycles. The highest BCUT2D eigenvalue weighted by Gasteiger charge is 2.41. The van der Waals surface area contributed by atoms with Crippen LogP contribution in [-0.2, 0) is 4.74 Å². The third-order valence-corrected chi connectivity index (χ3v) is 5.04. The van der Waals surface area contributed by atoms with Crippen molar-refractivity contribution in [2.75, 3.05) is 0 Å². The first kappa shape index (κ1) is 15.8. The molecule has 0 saturated carbocycles. The maximum atomic E-state index is 12.8. The van der Waals surface area contributed by atoms with E-state index in [9.17, 15) is 14.7 Å². The Hall–Kier alpha value is -2.66. The van der Waals surface area contributed by atoms with Crippen LogP contribution in [0.1, 0.15) is 40.0 Å². The van der Waals surface area contributed by atoms with Gasteiger partial charge in [-0.15, -0.1) is 0 Å². The number of hydrogen-bond acceptors (Lipinski definition) is 3. The molecule has 2 bridgehead atoms. The molecule has 0 unspecified atom stereocenters. The molecule has 5 nitrogen and oxygen atoms in total. The van der Waals surface area contributed by atoms with Gasteiger partial charge in [0.05, 0.1) is 23.8 Å². The van der Waals surface area contributed by atoms with Crippen molar-refractivity contribution in [3.8, 4) is 11.1 Å². The normalized spacial score (nSPS) is 24.2. The summed E-state index contributed by atoms with van der Waals surface area (Å²) >= 11 is 0. The van der Waals surface area contributed by atoms with Crippen molar-refractivity contribution < 1.29 is 19.4 Å². The molecule has 2 saturated heterocycles. The number of benzene rings is 2. The van der Waals surface area contributed by atoms with Gasteiger partial charge in [0.1, 0.15) is 0 Å². The van der Waals surface area contributed by atoms with Gasteiger partial charge in [0, 0.05) is 5.56 Å². The first-order chi connectivity index (χ1) is 12.1. The lowest BCUT2D eigenvalue weighted by Gasteiger charge is -2.21. The largest absolute Gasteiger partial charge is 0.478 e. The number of ether oxygens (including phenoxy) is 1. The number of aromatic carboxylic acids is 1. The second-order valence-electron chi connectivity index (χ2n) is 6.59. The molecule has 5 heteroatoms. The number of carboxylic acids is 1. The van der Waals surface area contributed by atoms with Gasteiger partial charge in [-0.25, -0.2) is 4.79 Å². The average Bonchev–Trinajstić information content (AvgIpc) is 3.24. The van der Waals surface area contributed by atoms with Crippen molar-refractivity contribution in [3.63, 3.8) is 0 Å². The summed E-state index contributed by atoms with van der Waals surface area (Å²) in [5.74, 6) is -1.19. The second-order valence-corrected chi connectivity index (χ2v) is 6.59. The van der Waals surface area contributed by atoms with Gasteiger partial charge >= 0.3 is 5.97 Å². The molecule has 25 heavy (non-hydrogen) atoms. The van der Waals surface area contributed by atoms with Gasteiger partial charge in [0.25, 0.3) is 5.91 Å². The standard InChI is InChI=1S/C20H19NO4/c22-19(21-17-11-12-9-10-18(17)25-12)15-7-3-1-5-13(15)14-6-2-4-8-16(14)20(23)24/h1-8,12,17-18H,9-11H2,(H,21,22)(H,23,24)/t12-,17-,18+/m1/s1. The molecule has 2 aromatic rings. The van der Waals surface area contributed by atoms with Crippen molar-refractivity contribution >= 4 is 11.9 Å². The maximum Gasteiger partial charge on any atom is 0.336 e. The third kappa shape index (κ3) is 2.91. The SMILES string of the molecule is O=C(O)c1ccccc1-c1ccccc1C(=O)N[C@@H]1C[C@H]2CC[C@@H]1O2. The zero-order chi connectivity index (χ0) is 17.4. The molecule has 0 radical (unpaired) electrons. The van der Waals surface area contributed by atoms with Crippen LogP contribution in [-0.4, -0.2) is 35.2 Å². The Morgan fingerprint density at radius 2 is 1.60 bits per heavy atom. The average molecular weight is 337 g/mol. The van der Waals surface area contributed by atoms with Crippen LogP contribution in [0.5, 0.6) is 0 Å². The van der Waals surface area contributed by atoms with E-state index in [1.807, 2.05) is 6.07 Å². The van der Waals surface area contributed by atoms with E-state index in [-0.39, 0.29) is 29.7 Å². The highest BCUT2D eigenvalue weighted by atomic mass is 16.5. The molecule has 2 fully saturated rings. The Morgan fingerprint density at radius 3 is 2.20 bits per heavy atom. The molecule has 4 rings (SSSR count). The fourth-order valence-corrected chi connectivity index (χ4v) is 3.86. The number of hydrogen-bond donors (Lipinski definition) is 2. The fraction of sp³-hybridized carbons (Fsp3) is 0.300. The van der Waals surface area contributed by atoms with Gasteiger partial charge in [0.15, 0.2) is 0 Å². The molecule has 0 aliphatic carbocycles. The van der Waals surface area contributed by atoms with E-state index < -0.39 is 5.97 Å². The summed E-state index contributed by atoms with van der Waals surface area (Å²) in [4.78, 5) is 24.4. The van der Waals surface area contributed by atoms with E-state index in [1.54, 1.807) is 42.5 Å². The zero-order valence-electron chi connectivity index (χ0n) is 13.6. The maximum absolute atomic E-state index is 12.8. The van der Waals surface area contributed by atoms with Gasteiger partial charge in [0.2, 0.25) is 0 Å². The number of fused-ring (bicyclic) bond motifs is 2. The minimum atomic E-state index is -1.01. The van der Waals surface area contributed by atoms with E-state index in [2.05, 4.69) is 5.32 Å². The fourth-order valence-electron chi connectivity index (χ4n) is 3.86. The number of nitrogens with one attached hydrogen (secondary N) is 1.